The lowest BCUT2D eigenvalue weighted by molar-refractivity contribution is 0.383. The molecule has 0 fully saturated rings. The zero-order valence-electron chi connectivity index (χ0n) is 10.5. The molecule has 2 aromatic carbocycles. The SMILES string of the molecule is COc1cccc(C(N)c2ccc(F)c(F)c2Br)c1F. The van der Waals surface area contributed by atoms with Gasteiger partial charge in [-0.15, -0.1) is 0 Å². The lowest BCUT2D eigenvalue weighted by atomic mass is 9.98. The highest BCUT2D eigenvalue weighted by molar-refractivity contribution is 9.10. The Kier molecular flexibility index (Phi) is 4.35. The first kappa shape index (κ1) is 14.9. The Balaban J connectivity index is 2.52. The van der Waals surface area contributed by atoms with E-state index in [1.54, 1.807) is 6.07 Å². The zero-order chi connectivity index (χ0) is 14.9. The van der Waals surface area contributed by atoms with Crippen molar-refractivity contribution in [2.75, 3.05) is 7.11 Å². The summed E-state index contributed by atoms with van der Waals surface area (Å²) in [6, 6.07) is 5.81. The normalized spacial score (nSPS) is 12.3. The van der Waals surface area contributed by atoms with Crippen LogP contribution in [0, 0.1) is 17.5 Å². The molecule has 0 bridgehead atoms. The number of benzene rings is 2. The molecular weight excluding hydrogens is 335 g/mol. The van der Waals surface area contributed by atoms with Crippen LogP contribution in [-0.2, 0) is 0 Å². The first-order valence-corrected chi connectivity index (χ1v) is 6.48. The number of ether oxygens (including phenoxy) is 1. The Labute approximate surface area is 122 Å². The van der Waals surface area contributed by atoms with E-state index in [0.29, 0.717) is 0 Å². The predicted octanol–water partition coefficient (Wildman–Crippen LogP) is 3.92. The second-order valence-corrected chi connectivity index (χ2v) is 4.90. The second kappa shape index (κ2) is 5.85. The fourth-order valence-corrected chi connectivity index (χ4v) is 2.44. The van der Waals surface area contributed by atoms with Crippen LogP contribution in [0.2, 0.25) is 0 Å². The van der Waals surface area contributed by atoms with E-state index < -0.39 is 23.5 Å². The van der Waals surface area contributed by atoms with Gasteiger partial charge in [0.05, 0.1) is 17.6 Å². The van der Waals surface area contributed by atoms with E-state index in [1.165, 1.54) is 25.3 Å². The fourth-order valence-electron chi connectivity index (χ4n) is 1.87. The Morgan fingerprint density at radius 3 is 2.40 bits per heavy atom. The van der Waals surface area contributed by atoms with Crippen molar-refractivity contribution >= 4 is 15.9 Å². The first-order valence-electron chi connectivity index (χ1n) is 5.68. The van der Waals surface area contributed by atoms with Crippen molar-refractivity contribution in [1.29, 1.82) is 0 Å². The molecule has 0 radical (unpaired) electrons. The molecule has 106 valence electrons. The molecular formula is C14H11BrF3NO. The Hall–Kier alpha value is -1.53. The fraction of sp³-hybridized carbons (Fsp3) is 0.143. The highest BCUT2D eigenvalue weighted by Gasteiger charge is 2.21. The third kappa shape index (κ3) is 2.53. The molecule has 0 aliphatic carbocycles. The van der Waals surface area contributed by atoms with Gasteiger partial charge >= 0.3 is 0 Å². The van der Waals surface area contributed by atoms with Crippen LogP contribution >= 0.6 is 15.9 Å². The summed E-state index contributed by atoms with van der Waals surface area (Å²) >= 11 is 2.94. The average Bonchev–Trinajstić information content (AvgIpc) is 2.44. The molecule has 0 aromatic heterocycles. The maximum absolute atomic E-state index is 14.1. The largest absolute Gasteiger partial charge is 0.494 e. The predicted molar refractivity (Wildman–Crippen MR) is 73.0 cm³/mol. The van der Waals surface area contributed by atoms with Crippen LogP contribution in [0.4, 0.5) is 13.2 Å². The number of rotatable bonds is 3. The van der Waals surface area contributed by atoms with Gasteiger partial charge in [-0.1, -0.05) is 18.2 Å². The standard InChI is InChI=1S/C14H11BrF3NO/c1-20-10-4-2-3-8(12(10)17)14(19)7-5-6-9(16)13(18)11(7)15/h2-6,14H,19H2,1H3. The summed E-state index contributed by atoms with van der Waals surface area (Å²) < 4.78 is 45.5. The molecule has 20 heavy (non-hydrogen) atoms. The molecule has 0 aliphatic rings. The van der Waals surface area contributed by atoms with Gasteiger partial charge in [0.25, 0.3) is 0 Å². The Bertz CT molecular complexity index is 649. The van der Waals surface area contributed by atoms with Gasteiger partial charge in [0.1, 0.15) is 0 Å². The summed E-state index contributed by atoms with van der Waals surface area (Å²) in [4.78, 5) is 0. The summed E-state index contributed by atoms with van der Waals surface area (Å²) in [5.74, 6) is -2.64. The smallest absolute Gasteiger partial charge is 0.173 e. The van der Waals surface area contributed by atoms with Crippen LogP contribution < -0.4 is 10.5 Å². The van der Waals surface area contributed by atoms with Crippen LogP contribution in [-0.4, -0.2) is 7.11 Å². The van der Waals surface area contributed by atoms with Gasteiger partial charge in [0.15, 0.2) is 23.2 Å². The molecule has 1 atom stereocenters. The maximum atomic E-state index is 14.1. The lowest BCUT2D eigenvalue weighted by Gasteiger charge is -2.17. The van der Waals surface area contributed by atoms with E-state index in [4.69, 9.17) is 10.5 Å². The van der Waals surface area contributed by atoms with Gasteiger partial charge in [-0.05, 0) is 33.6 Å². The number of hydrogen-bond donors (Lipinski definition) is 1. The minimum absolute atomic E-state index is 0.0386. The average molecular weight is 346 g/mol. The minimum atomic E-state index is -1.05. The van der Waals surface area contributed by atoms with Gasteiger partial charge in [-0.2, -0.15) is 0 Å². The number of nitrogens with two attached hydrogens (primary N) is 1. The van der Waals surface area contributed by atoms with Crippen molar-refractivity contribution in [2.24, 2.45) is 5.73 Å². The van der Waals surface area contributed by atoms with Crippen molar-refractivity contribution in [3.63, 3.8) is 0 Å². The summed E-state index contributed by atoms with van der Waals surface area (Å²) in [6.45, 7) is 0. The van der Waals surface area contributed by atoms with Crippen molar-refractivity contribution in [2.45, 2.75) is 6.04 Å². The van der Waals surface area contributed by atoms with Crippen LogP contribution in [0.25, 0.3) is 0 Å². The summed E-state index contributed by atoms with van der Waals surface area (Å²) in [5.41, 5.74) is 6.33. The van der Waals surface area contributed by atoms with Crippen molar-refractivity contribution in [1.82, 2.24) is 0 Å². The molecule has 1 unspecified atom stereocenters. The van der Waals surface area contributed by atoms with Gasteiger partial charge in [-0.25, -0.2) is 13.2 Å². The molecule has 0 heterocycles. The van der Waals surface area contributed by atoms with E-state index >= 15 is 0 Å². The molecule has 0 saturated carbocycles. The quantitative estimate of drug-likeness (QED) is 0.855. The summed E-state index contributed by atoms with van der Waals surface area (Å²) in [6.07, 6.45) is 0. The molecule has 0 spiro atoms. The molecule has 0 saturated heterocycles. The third-order valence-corrected chi connectivity index (χ3v) is 3.75. The van der Waals surface area contributed by atoms with Gasteiger partial charge in [0.2, 0.25) is 0 Å². The van der Waals surface area contributed by atoms with E-state index in [2.05, 4.69) is 15.9 Å². The van der Waals surface area contributed by atoms with Crippen LogP contribution in [0.1, 0.15) is 17.2 Å². The Morgan fingerprint density at radius 2 is 1.75 bits per heavy atom. The van der Waals surface area contributed by atoms with Crippen LogP contribution in [0.5, 0.6) is 5.75 Å². The molecule has 2 rings (SSSR count). The van der Waals surface area contributed by atoms with E-state index in [0.717, 1.165) is 6.07 Å². The minimum Gasteiger partial charge on any atom is -0.494 e. The second-order valence-electron chi connectivity index (χ2n) is 4.11. The van der Waals surface area contributed by atoms with E-state index in [-0.39, 0.29) is 21.3 Å². The van der Waals surface area contributed by atoms with Crippen LogP contribution in [0.3, 0.4) is 0 Å². The van der Waals surface area contributed by atoms with Gasteiger partial charge < -0.3 is 10.5 Å². The van der Waals surface area contributed by atoms with E-state index in [9.17, 15) is 13.2 Å². The Morgan fingerprint density at radius 1 is 1.05 bits per heavy atom. The first-order chi connectivity index (χ1) is 9.47. The maximum Gasteiger partial charge on any atom is 0.173 e. The molecule has 6 heteroatoms. The monoisotopic (exact) mass is 345 g/mol. The van der Waals surface area contributed by atoms with Gasteiger partial charge in [-0.3, -0.25) is 0 Å². The zero-order valence-corrected chi connectivity index (χ0v) is 12.0. The number of hydrogen-bond acceptors (Lipinski definition) is 2. The van der Waals surface area contributed by atoms with Crippen molar-refractivity contribution in [3.8, 4) is 5.75 Å². The molecule has 2 nitrogen and oxygen atoms in total. The topological polar surface area (TPSA) is 35.2 Å². The number of methoxy groups -OCH3 is 1. The van der Waals surface area contributed by atoms with Crippen molar-refractivity contribution in [3.05, 3.63) is 63.4 Å². The van der Waals surface area contributed by atoms with Crippen molar-refractivity contribution < 1.29 is 17.9 Å². The van der Waals surface area contributed by atoms with E-state index in [1.807, 2.05) is 0 Å². The van der Waals surface area contributed by atoms with Crippen LogP contribution in [0.15, 0.2) is 34.8 Å². The lowest BCUT2D eigenvalue weighted by Crippen LogP contribution is -2.15. The summed E-state index contributed by atoms with van der Waals surface area (Å²) in [7, 11) is 1.33. The molecule has 0 amide bonds. The number of halogens is 4. The molecule has 2 N–H and O–H groups in total. The molecule has 2 aromatic rings. The highest BCUT2D eigenvalue weighted by Crippen LogP contribution is 2.33. The summed E-state index contributed by atoms with van der Waals surface area (Å²) in [5, 5.41) is 0. The van der Waals surface area contributed by atoms with Gasteiger partial charge in [0, 0.05) is 5.56 Å². The molecule has 0 aliphatic heterocycles. The highest BCUT2D eigenvalue weighted by atomic mass is 79.9. The third-order valence-electron chi connectivity index (χ3n) is 2.95.